The Hall–Kier alpha value is -1.13. The fraction of sp³-hybridized carbons (Fsp3) is 0.545. The van der Waals surface area contributed by atoms with Gasteiger partial charge in [-0.15, -0.1) is 0 Å². The molecule has 0 aliphatic heterocycles. The van der Waals surface area contributed by atoms with E-state index in [9.17, 15) is 4.79 Å². The molecule has 0 aromatic carbocycles. The lowest BCUT2D eigenvalue weighted by Gasteiger charge is -2.18. The highest BCUT2D eigenvalue weighted by Crippen LogP contribution is 1.99. The zero-order valence-corrected chi connectivity index (χ0v) is 9.18. The maximum absolute atomic E-state index is 10.9. The van der Waals surface area contributed by atoms with Crippen LogP contribution in [0.4, 0.5) is 0 Å². The summed E-state index contributed by atoms with van der Waals surface area (Å²) in [6.07, 6.45) is 3.21. The van der Waals surface area contributed by atoms with Crippen LogP contribution in [0.3, 0.4) is 0 Å². The second-order valence-electron chi connectivity index (χ2n) is 3.07. The lowest BCUT2D eigenvalue weighted by atomic mass is 10.4. The van der Waals surface area contributed by atoms with E-state index in [1.54, 1.807) is 12.4 Å². The van der Waals surface area contributed by atoms with Crippen LogP contribution in [-0.2, 0) is 16.0 Å². The van der Waals surface area contributed by atoms with Crippen LogP contribution in [0.25, 0.3) is 0 Å². The minimum absolute atomic E-state index is 0.00983. The van der Waals surface area contributed by atoms with Crippen LogP contribution in [0.15, 0.2) is 29.3 Å². The molecular weight excluding hydrogens is 194 g/mol. The number of aromatic nitrogens is 1. The van der Waals surface area contributed by atoms with Crippen molar-refractivity contribution in [3.63, 3.8) is 0 Å². The van der Waals surface area contributed by atoms with Crippen molar-refractivity contribution in [2.24, 2.45) is 0 Å². The van der Waals surface area contributed by atoms with Crippen LogP contribution in [-0.4, -0.2) is 24.1 Å². The second-order valence-corrected chi connectivity index (χ2v) is 3.07. The van der Waals surface area contributed by atoms with Crippen molar-refractivity contribution in [2.75, 3.05) is 13.2 Å². The molecule has 0 saturated carbocycles. The van der Waals surface area contributed by atoms with Crippen molar-refractivity contribution < 1.29 is 9.47 Å². The molecule has 0 aliphatic carbocycles. The van der Waals surface area contributed by atoms with Gasteiger partial charge >= 0.3 is 0 Å². The maximum Gasteiger partial charge on any atom is 0.181 e. The molecule has 4 heteroatoms. The Kier molecular flexibility index (Phi) is 5.07. The minimum atomic E-state index is -0.248. The van der Waals surface area contributed by atoms with Crippen LogP contribution >= 0.6 is 0 Å². The first-order valence-electron chi connectivity index (χ1n) is 5.15. The van der Waals surface area contributed by atoms with Gasteiger partial charge in [0.2, 0.25) is 0 Å². The molecule has 4 nitrogen and oxygen atoms in total. The highest BCUT2D eigenvalue weighted by molar-refractivity contribution is 4.93. The van der Waals surface area contributed by atoms with Crippen LogP contribution in [0, 0.1) is 0 Å². The van der Waals surface area contributed by atoms with Gasteiger partial charge in [-0.05, 0) is 13.8 Å². The molecule has 1 heterocycles. The van der Waals surface area contributed by atoms with Crippen molar-refractivity contribution in [1.29, 1.82) is 0 Å². The van der Waals surface area contributed by atoms with Crippen LogP contribution in [0.2, 0.25) is 0 Å². The first-order valence-corrected chi connectivity index (χ1v) is 5.15. The van der Waals surface area contributed by atoms with Gasteiger partial charge in [0.05, 0.1) is 6.54 Å². The molecule has 0 unspecified atom stereocenters. The van der Waals surface area contributed by atoms with Gasteiger partial charge in [-0.25, -0.2) is 0 Å². The Labute approximate surface area is 89.4 Å². The van der Waals surface area contributed by atoms with Gasteiger partial charge in [-0.2, -0.15) is 0 Å². The van der Waals surface area contributed by atoms with Gasteiger partial charge in [0.15, 0.2) is 11.7 Å². The number of hydrogen-bond acceptors (Lipinski definition) is 3. The number of hydrogen-bond donors (Lipinski definition) is 0. The Bertz CT molecular complexity index is 308. The largest absolute Gasteiger partial charge is 0.351 e. The summed E-state index contributed by atoms with van der Waals surface area (Å²) in [7, 11) is 0. The third-order valence-corrected chi connectivity index (χ3v) is 1.93. The van der Waals surface area contributed by atoms with E-state index >= 15 is 0 Å². The standard InChI is InChI=1S/C11H17NO3/c1-3-14-11(15-4-2)9-12-7-5-10(13)6-8-12/h5-8,11H,3-4,9H2,1-2H3. The van der Waals surface area contributed by atoms with Gasteiger partial charge in [-0.1, -0.05) is 0 Å². The zero-order chi connectivity index (χ0) is 11.1. The topological polar surface area (TPSA) is 40.5 Å². The second kappa shape index (κ2) is 6.37. The molecule has 0 bridgehead atoms. The minimum Gasteiger partial charge on any atom is -0.351 e. The van der Waals surface area contributed by atoms with E-state index in [1.807, 2.05) is 18.4 Å². The average molecular weight is 211 g/mol. The summed E-state index contributed by atoms with van der Waals surface area (Å²) in [6.45, 7) is 5.69. The first-order chi connectivity index (χ1) is 7.26. The highest BCUT2D eigenvalue weighted by atomic mass is 16.7. The summed E-state index contributed by atoms with van der Waals surface area (Å²) in [5.41, 5.74) is 0.00983. The fourth-order valence-corrected chi connectivity index (χ4v) is 1.26. The van der Waals surface area contributed by atoms with Crippen molar-refractivity contribution >= 4 is 0 Å². The van der Waals surface area contributed by atoms with Gasteiger partial charge in [0.25, 0.3) is 0 Å². The molecule has 1 aromatic rings. The van der Waals surface area contributed by atoms with E-state index in [1.165, 1.54) is 12.1 Å². The molecule has 0 amide bonds. The summed E-state index contributed by atoms with van der Waals surface area (Å²) in [5.74, 6) is 0. The summed E-state index contributed by atoms with van der Waals surface area (Å²) in [6, 6.07) is 3.05. The normalized spacial score (nSPS) is 10.9. The van der Waals surface area contributed by atoms with Crippen LogP contribution < -0.4 is 5.43 Å². The quantitative estimate of drug-likeness (QED) is 0.665. The summed E-state index contributed by atoms with van der Waals surface area (Å²) in [5, 5.41) is 0. The Morgan fingerprint density at radius 2 is 1.73 bits per heavy atom. The van der Waals surface area contributed by atoms with E-state index in [4.69, 9.17) is 9.47 Å². The molecule has 0 fully saturated rings. The predicted octanol–water partition coefficient (Wildman–Crippen LogP) is 1.25. The van der Waals surface area contributed by atoms with Gasteiger partial charge in [0, 0.05) is 37.7 Å². The number of nitrogens with zero attached hydrogens (tertiary/aromatic N) is 1. The van der Waals surface area contributed by atoms with Gasteiger partial charge in [-0.3, -0.25) is 4.79 Å². The highest BCUT2D eigenvalue weighted by Gasteiger charge is 2.07. The molecule has 0 spiro atoms. The van der Waals surface area contributed by atoms with E-state index in [2.05, 4.69) is 0 Å². The Morgan fingerprint density at radius 3 is 2.20 bits per heavy atom. The number of pyridine rings is 1. The van der Waals surface area contributed by atoms with E-state index in [0.29, 0.717) is 19.8 Å². The van der Waals surface area contributed by atoms with Crippen molar-refractivity contribution in [1.82, 2.24) is 4.57 Å². The molecule has 0 atom stereocenters. The summed E-state index contributed by atoms with van der Waals surface area (Å²) in [4.78, 5) is 10.9. The summed E-state index contributed by atoms with van der Waals surface area (Å²) < 4.78 is 12.7. The van der Waals surface area contributed by atoms with E-state index in [-0.39, 0.29) is 11.7 Å². The van der Waals surface area contributed by atoms with Gasteiger partial charge in [0.1, 0.15) is 0 Å². The Balaban J connectivity index is 2.56. The molecule has 0 radical (unpaired) electrons. The lowest BCUT2D eigenvalue weighted by Crippen LogP contribution is -2.24. The van der Waals surface area contributed by atoms with Crippen molar-refractivity contribution in [2.45, 2.75) is 26.7 Å². The first kappa shape index (κ1) is 11.9. The van der Waals surface area contributed by atoms with Crippen LogP contribution in [0.5, 0.6) is 0 Å². The van der Waals surface area contributed by atoms with E-state index in [0.717, 1.165) is 0 Å². The third kappa shape index (κ3) is 4.27. The monoisotopic (exact) mass is 211 g/mol. The van der Waals surface area contributed by atoms with Crippen LogP contribution in [0.1, 0.15) is 13.8 Å². The van der Waals surface area contributed by atoms with E-state index < -0.39 is 0 Å². The fourth-order valence-electron chi connectivity index (χ4n) is 1.26. The SMILES string of the molecule is CCOC(Cn1ccc(=O)cc1)OCC. The third-order valence-electron chi connectivity index (χ3n) is 1.93. The molecule has 0 aliphatic rings. The smallest absolute Gasteiger partial charge is 0.181 e. The van der Waals surface area contributed by atoms with Crippen molar-refractivity contribution in [3.8, 4) is 0 Å². The predicted molar refractivity (Wildman–Crippen MR) is 57.7 cm³/mol. The van der Waals surface area contributed by atoms with Crippen molar-refractivity contribution in [3.05, 3.63) is 34.7 Å². The molecule has 84 valence electrons. The molecule has 15 heavy (non-hydrogen) atoms. The van der Waals surface area contributed by atoms with Gasteiger partial charge < -0.3 is 14.0 Å². The molecule has 0 saturated heterocycles. The molecule has 0 N–H and O–H groups in total. The lowest BCUT2D eigenvalue weighted by molar-refractivity contribution is -0.143. The molecular formula is C11H17NO3. The average Bonchev–Trinajstić information content (AvgIpc) is 2.22. The molecule has 1 rings (SSSR count). The zero-order valence-electron chi connectivity index (χ0n) is 9.18. The maximum atomic E-state index is 10.9. The number of rotatable bonds is 6. The molecule has 1 aromatic heterocycles. The summed E-state index contributed by atoms with van der Waals surface area (Å²) >= 11 is 0. The Morgan fingerprint density at radius 1 is 1.20 bits per heavy atom. The number of ether oxygens (including phenoxy) is 2.